The lowest BCUT2D eigenvalue weighted by molar-refractivity contribution is -0.137. The van der Waals surface area contributed by atoms with Crippen molar-refractivity contribution in [2.45, 2.75) is 77.9 Å². The molecule has 218 valence electrons. The molecule has 1 N–H and O–H groups in total. The van der Waals surface area contributed by atoms with E-state index in [9.17, 15) is 14.0 Å². The summed E-state index contributed by atoms with van der Waals surface area (Å²) in [5.41, 5.74) is 3.74. The second kappa shape index (κ2) is 14.0. The van der Waals surface area contributed by atoms with Crippen LogP contribution in [0.3, 0.4) is 0 Å². The van der Waals surface area contributed by atoms with Crippen LogP contribution >= 0.6 is 0 Å². The molecule has 8 nitrogen and oxygen atoms in total. The Kier molecular flexibility index (Phi) is 10.5. The quantitative estimate of drug-likeness (QED) is 0.362. The van der Waals surface area contributed by atoms with Gasteiger partial charge in [0.2, 0.25) is 0 Å². The van der Waals surface area contributed by atoms with Crippen LogP contribution in [0.25, 0.3) is 5.57 Å². The zero-order valence-electron chi connectivity index (χ0n) is 24.0. The predicted octanol–water partition coefficient (Wildman–Crippen LogP) is 5.16. The van der Waals surface area contributed by atoms with Crippen LogP contribution in [0.15, 0.2) is 29.1 Å². The number of allylic oxidation sites excluding steroid dienone is 2. The van der Waals surface area contributed by atoms with Gasteiger partial charge in [-0.2, -0.15) is 0 Å². The highest BCUT2D eigenvalue weighted by Gasteiger charge is 2.27. The zero-order chi connectivity index (χ0) is 28.6. The summed E-state index contributed by atoms with van der Waals surface area (Å²) >= 11 is 0. The van der Waals surface area contributed by atoms with Crippen LogP contribution in [0, 0.1) is 18.7 Å². The molecule has 1 atom stereocenters. The van der Waals surface area contributed by atoms with Gasteiger partial charge in [0, 0.05) is 49.0 Å². The average Bonchev–Trinajstić information content (AvgIpc) is 2.94. The van der Waals surface area contributed by atoms with Gasteiger partial charge in [0.05, 0.1) is 7.11 Å². The van der Waals surface area contributed by atoms with Crippen LogP contribution < -0.4 is 10.3 Å². The Labute approximate surface area is 235 Å². The van der Waals surface area contributed by atoms with Crippen LogP contribution in [0.1, 0.15) is 80.6 Å². The number of aryl methyl sites for hydroxylation is 1. The van der Waals surface area contributed by atoms with Crippen LogP contribution in [-0.2, 0) is 22.5 Å². The molecule has 2 aromatic rings. The third kappa shape index (κ3) is 7.18. The summed E-state index contributed by atoms with van der Waals surface area (Å²) in [6, 6.07) is 4.74. The summed E-state index contributed by atoms with van der Waals surface area (Å²) < 4.78 is 27.0. The maximum atomic E-state index is 13.7. The number of fused-ring (bicyclic) bond motifs is 1. The van der Waals surface area contributed by atoms with Crippen molar-refractivity contribution in [1.82, 2.24) is 14.5 Å². The lowest BCUT2D eigenvalue weighted by atomic mass is 9.84. The Bertz CT molecular complexity index is 1270. The topological polar surface area (TPSA) is 93.9 Å². The van der Waals surface area contributed by atoms with E-state index in [0.29, 0.717) is 49.9 Å². The fourth-order valence-electron chi connectivity index (χ4n) is 6.05. The number of unbranched alkanes of at least 4 members (excludes halogenated alkanes) is 1. The molecular weight excluding hydrogens is 513 g/mol. The lowest BCUT2D eigenvalue weighted by Crippen LogP contribution is -2.38. The Balaban J connectivity index is 1.34. The maximum absolute atomic E-state index is 13.7. The van der Waals surface area contributed by atoms with Gasteiger partial charge in [0.25, 0.3) is 5.56 Å². The van der Waals surface area contributed by atoms with Gasteiger partial charge >= 0.3 is 5.97 Å². The molecule has 0 saturated carbocycles. The molecule has 0 spiro atoms. The number of nitrogens with zero attached hydrogens (tertiary/aromatic N) is 3. The van der Waals surface area contributed by atoms with Crippen LogP contribution in [0.2, 0.25) is 0 Å². The van der Waals surface area contributed by atoms with Gasteiger partial charge in [-0.25, -0.2) is 9.37 Å². The van der Waals surface area contributed by atoms with E-state index in [2.05, 4.69) is 11.0 Å². The Hall–Kier alpha value is -3.04. The first-order valence-corrected chi connectivity index (χ1v) is 14.5. The van der Waals surface area contributed by atoms with Crippen molar-refractivity contribution in [3.8, 4) is 5.75 Å². The van der Waals surface area contributed by atoms with Crippen molar-refractivity contribution in [2.75, 3.05) is 33.4 Å². The van der Waals surface area contributed by atoms with Crippen molar-refractivity contribution in [2.24, 2.45) is 5.92 Å². The number of aliphatic carboxylic acids is 1. The molecule has 1 fully saturated rings. The molecule has 0 radical (unpaired) electrons. The van der Waals surface area contributed by atoms with E-state index >= 15 is 0 Å². The van der Waals surface area contributed by atoms with E-state index in [4.69, 9.17) is 19.6 Å². The van der Waals surface area contributed by atoms with E-state index in [0.717, 1.165) is 62.1 Å². The number of carboxylic acid groups (broad SMARTS) is 1. The number of rotatable bonds is 12. The number of piperidine rings is 1. The average molecular weight is 556 g/mol. The third-order valence-electron chi connectivity index (χ3n) is 8.23. The highest BCUT2D eigenvalue weighted by Crippen LogP contribution is 2.37. The zero-order valence-corrected chi connectivity index (χ0v) is 24.0. The fourth-order valence-corrected chi connectivity index (χ4v) is 6.05. The van der Waals surface area contributed by atoms with E-state index < -0.39 is 5.97 Å². The van der Waals surface area contributed by atoms with Gasteiger partial charge in [-0.15, -0.1) is 0 Å². The Morgan fingerprint density at radius 2 is 1.98 bits per heavy atom. The minimum Gasteiger partial charge on any atom is -0.496 e. The molecular formula is C31H42FN3O5. The summed E-state index contributed by atoms with van der Waals surface area (Å²) in [6.07, 6.45) is 7.60. The second-order valence-corrected chi connectivity index (χ2v) is 10.8. The molecule has 1 saturated heterocycles. The van der Waals surface area contributed by atoms with Crippen molar-refractivity contribution >= 4 is 11.5 Å². The summed E-state index contributed by atoms with van der Waals surface area (Å²) in [5.74, 6) is 0.546. The van der Waals surface area contributed by atoms with Crippen LogP contribution in [0.5, 0.6) is 5.75 Å². The smallest absolute Gasteiger partial charge is 0.303 e. The van der Waals surface area contributed by atoms with Gasteiger partial charge in [-0.3, -0.25) is 14.2 Å². The number of methoxy groups -OCH3 is 1. The molecule has 2 aliphatic heterocycles. The van der Waals surface area contributed by atoms with Crippen LogP contribution in [0.4, 0.5) is 4.39 Å². The highest BCUT2D eigenvalue weighted by molar-refractivity contribution is 5.72. The normalized spacial score (nSPS) is 18.5. The molecule has 1 aromatic carbocycles. The van der Waals surface area contributed by atoms with Crippen molar-refractivity contribution in [3.05, 3.63) is 63.1 Å². The molecule has 40 heavy (non-hydrogen) atoms. The molecule has 0 aliphatic carbocycles. The molecule has 0 bridgehead atoms. The summed E-state index contributed by atoms with van der Waals surface area (Å²) in [6.45, 7) is 7.73. The summed E-state index contributed by atoms with van der Waals surface area (Å²) in [7, 11) is 1.58. The second-order valence-electron chi connectivity index (χ2n) is 10.8. The first kappa shape index (κ1) is 29.9. The fraction of sp³-hybridized carbons (Fsp3) is 0.581. The predicted molar refractivity (Wildman–Crippen MR) is 152 cm³/mol. The summed E-state index contributed by atoms with van der Waals surface area (Å²) in [4.78, 5) is 31.4. The molecule has 4 rings (SSSR count). The molecule has 1 unspecified atom stereocenters. The molecule has 2 aliphatic rings. The number of likely N-dealkylation sites (tertiary alicyclic amines) is 1. The largest absolute Gasteiger partial charge is 0.496 e. The minimum atomic E-state index is -0.794. The molecule has 3 heterocycles. The summed E-state index contributed by atoms with van der Waals surface area (Å²) in [5, 5.41) is 8.81. The third-order valence-corrected chi connectivity index (χ3v) is 8.23. The van der Waals surface area contributed by atoms with Crippen molar-refractivity contribution < 1.29 is 23.8 Å². The number of hydrogen-bond donors (Lipinski definition) is 1. The minimum absolute atomic E-state index is 0.0381. The molecule has 9 heteroatoms. The number of ether oxygens (including phenoxy) is 2. The van der Waals surface area contributed by atoms with Gasteiger partial charge in [-0.1, -0.05) is 6.08 Å². The number of carbonyl (C=O) groups is 1. The van der Waals surface area contributed by atoms with E-state index in [1.165, 1.54) is 17.7 Å². The Morgan fingerprint density at radius 3 is 2.67 bits per heavy atom. The van der Waals surface area contributed by atoms with E-state index in [1.807, 2.05) is 19.9 Å². The van der Waals surface area contributed by atoms with Gasteiger partial charge in [-0.05, 0) is 95.5 Å². The van der Waals surface area contributed by atoms with Crippen LogP contribution in [-0.4, -0.2) is 58.9 Å². The first-order valence-electron chi connectivity index (χ1n) is 14.5. The monoisotopic (exact) mass is 555 g/mol. The first-order chi connectivity index (χ1) is 19.3. The Morgan fingerprint density at radius 1 is 1.20 bits per heavy atom. The maximum Gasteiger partial charge on any atom is 0.303 e. The number of hydrogen-bond acceptors (Lipinski definition) is 6. The van der Waals surface area contributed by atoms with Gasteiger partial charge in [0.15, 0.2) is 0 Å². The number of aromatic nitrogens is 2. The lowest BCUT2D eigenvalue weighted by Gasteiger charge is -2.34. The molecule has 1 aromatic heterocycles. The van der Waals surface area contributed by atoms with Gasteiger partial charge in [0.1, 0.15) is 23.5 Å². The SMILES string of the molecule is C/C=C(\c1ccc(F)cc1OC)C1CCN(CCc2c(C)nc3n(c2=O)CCCC3OCCCCC(=O)O)CC1. The number of carboxylic acids is 1. The van der Waals surface area contributed by atoms with Gasteiger partial charge < -0.3 is 19.5 Å². The number of halogens is 1. The van der Waals surface area contributed by atoms with E-state index in [-0.39, 0.29) is 23.9 Å². The standard InChI is InChI=1S/C31H42FN3O5/c1-4-24(26-11-10-23(32)20-28(26)39-3)22-12-16-34(17-13-22)18-14-25-21(2)33-30-27(8-7-15-35(30)31(25)38)40-19-6-5-9-29(36)37/h4,10-11,20,22,27H,5-9,12-19H2,1-3H3,(H,36,37)/b24-4-. The van der Waals surface area contributed by atoms with E-state index in [1.54, 1.807) is 11.7 Å². The molecule has 0 amide bonds. The number of benzene rings is 1. The highest BCUT2D eigenvalue weighted by atomic mass is 19.1. The van der Waals surface area contributed by atoms with Crippen molar-refractivity contribution in [3.63, 3.8) is 0 Å². The van der Waals surface area contributed by atoms with Crippen molar-refractivity contribution in [1.29, 1.82) is 0 Å².